The zero-order valence-corrected chi connectivity index (χ0v) is 19.6. The molecule has 0 atom stereocenters. The third-order valence-electron chi connectivity index (χ3n) is 5.85. The molecule has 0 aliphatic carbocycles. The molecule has 0 saturated carbocycles. The monoisotopic (exact) mass is 490 g/mol. The van der Waals surface area contributed by atoms with Crippen molar-refractivity contribution >= 4 is 17.4 Å². The average Bonchev–Trinajstić information content (AvgIpc) is 3.27. The predicted octanol–water partition coefficient (Wildman–Crippen LogP) is 4.82. The van der Waals surface area contributed by atoms with Crippen molar-refractivity contribution in [2.24, 2.45) is 0 Å². The number of hydrogen-bond acceptors (Lipinski definition) is 5. The molecule has 0 bridgehead atoms. The first kappa shape index (κ1) is 24.6. The molecule has 1 N–H and O–H groups in total. The van der Waals surface area contributed by atoms with Crippen molar-refractivity contribution in [3.8, 4) is 11.4 Å². The molecule has 2 aromatic heterocycles. The smallest absolute Gasteiger partial charge is 0.340 e. The molecule has 1 fully saturated rings. The number of imidazole rings is 1. The second-order valence-corrected chi connectivity index (χ2v) is 8.75. The predicted molar refractivity (Wildman–Crippen MR) is 124 cm³/mol. The molecule has 7 nitrogen and oxygen atoms in total. The Labute approximate surface area is 200 Å². The highest BCUT2D eigenvalue weighted by atomic mass is 19.4. The van der Waals surface area contributed by atoms with Crippen molar-refractivity contribution in [1.82, 2.24) is 24.3 Å². The van der Waals surface area contributed by atoms with Crippen molar-refractivity contribution in [1.29, 1.82) is 0 Å². The van der Waals surface area contributed by atoms with E-state index in [-0.39, 0.29) is 23.1 Å². The van der Waals surface area contributed by atoms with Crippen molar-refractivity contribution in [2.75, 3.05) is 38.5 Å². The Morgan fingerprint density at radius 3 is 2.29 bits per heavy atom. The highest BCUT2D eigenvalue weighted by Crippen LogP contribution is 2.35. The van der Waals surface area contributed by atoms with Crippen LogP contribution in [0.15, 0.2) is 42.6 Å². The quantitative estimate of drug-likeness (QED) is 0.520. The number of alkyl halides is 3. The first-order chi connectivity index (χ1) is 16.5. The van der Waals surface area contributed by atoms with E-state index in [0.29, 0.717) is 24.3 Å². The maximum absolute atomic E-state index is 14.6. The summed E-state index contributed by atoms with van der Waals surface area (Å²) in [6.45, 7) is 6.10. The Kier molecular flexibility index (Phi) is 6.79. The van der Waals surface area contributed by atoms with Gasteiger partial charge in [0, 0.05) is 43.5 Å². The summed E-state index contributed by atoms with van der Waals surface area (Å²) >= 11 is 0. The number of likely N-dealkylation sites (N-methyl/N-ethyl adjacent to an activating group) is 1. The maximum atomic E-state index is 14.6. The molecular weight excluding hydrogens is 464 g/mol. The van der Waals surface area contributed by atoms with Gasteiger partial charge in [0.15, 0.2) is 5.82 Å². The zero-order valence-electron chi connectivity index (χ0n) is 19.6. The Morgan fingerprint density at radius 2 is 1.69 bits per heavy atom. The van der Waals surface area contributed by atoms with Crippen LogP contribution in [-0.4, -0.2) is 63.5 Å². The average molecular weight is 491 g/mol. The van der Waals surface area contributed by atoms with Crippen LogP contribution in [0.25, 0.3) is 11.4 Å². The summed E-state index contributed by atoms with van der Waals surface area (Å²) < 4.78 is 55.7. The van der Waals surface area contributed by atoms with E-state index in [2.05, 4.69) is 20.2 Å². The minimum absolute atomic E-state index is 0.0470. The third-order valence-corrected chi connectivity index (χ3v) is 5.85. The lowest BCUT2D eigenvalue weighted by Crippen LogP contribution is -2.47. The van der Waals surface area contributed by atoms with E-state index in [9.17, 15) is 22.4 Å². The minimum atomic E-state index is -4.68. The number of carbonyl (C=O) groups excluding carboxylic acids is 1. The van der Waals surface area contributed by atoms with E-state index >= 15 is 0 Å². The Balaban J connectivity index is 1.55. The van der Waals surface area contributed by atoms with E-state index in [1.165, 1.54) is 6.07 Å². The first-order valence-corrected chi connectivity index (χ1v) is 11.2. The minimum Gasteiger partial charge on any atom is -0.340 e. The molecule has 3 heterocycles. The van der Waals surface area contributed by atoms with E-state index in [4.69, 9.17) is 0 Å². The van der Waals surface area contributed by atoms with Crippen molar-refractivity contribution in [3.05, 3.63) is 59.8 Å². The number of nitrogens with zero attached hydrogens (tertiary/aromatic N) is 5. The van der Waals surface area contributed by atoms with Gasteiger partial charge < -0.3 is 19.7 Å². The van der Waals surface area contributed by atoms with Crippen molar-refractivity contribution in [2.45, 2.75) is 26.1 Å². The van der Waals surface area contributed by atoms with Crippen LogP contribution < -0.4 is 5.32 Å². The van der Waals surface area contributed by atoms with Gasteiger partial charge in [0.05, 0.1) is 11.9 Å². The molecular formula is C24H26F4N6O. The number of aromatic nitrogens is 3. The fraction of sp³-hybridized carbons (Fsp3) is 0.375. The molecule has 11 heteroatoms. The number of benzene rings is 1. The summed E-state index contributed by atoms with van der Waals surface area (Å²) in [5.41, 5.74) is 0.835. The van der Waals surface area contributed by atoms with Gasteiger partial charge in [0.2, 0.25) is 5.82 Å². The number of pyridine rings is 1. The van der Waals surface area contributed by atoms with Crippen LogP contribution in [0.4, 0.5) is 29.1 Å². The lowest BCUT2D eigenvalue weighted by Gasteiger charge is -2.32. The molecule has 1 aromatic carbocycles. The van der Waals surface area contributed by atoms with Gasteiger partial charge in [-0.3, -0.25) is 4.79 Å². The van der Waals surface area contributed by atoms with Gasteiger partial charge in [-0.15, -0.1) is 0 Å². The lowest BCUT2D eigenvalue weighted by molar-refractivity contribution is -0.147. The molecule has 3 aromatic rings. The molecule has 0 radical (unpaired) electrons. The van der Waals surface area contributed by atoms with Gasteiger partial charge in [-0.2, -0.15) is 13.2 Å². The number of rotatable bonds is 5. The third kappa shape index (κ3) is 5.29. The van der Waals surface area contributed by atoms with Crippen LogP contribution in [0.2, 0.25) is 0 Å². The summed E-state index contributed by atoms with van der Waals surface area (Å²) in [5, 5.41) is 3.02. The highest BCUT2D eigenvalue weighted by Gasteiger charge is 2.38. The molecule has 35 heavy (non-hydrogen) atoms. The molecule has 4 rings (SSSR count). The summed E-state index contributed by atoms with van der Waals surface area (Å²) in [4.78, 5) is 24.4. The number of anilines is 2. The van der Waals surface area contributed by atoms with Gasteiger partial charge in [0.25, 0.3) is 5.91 Å². The second-order valence-electron chi connectivity index (χ2n) is 8.75. The van der Waals surface area contributed by atoms with E-state index in [1.54, 1.807) is 38.1 Å². The first-order valence-electron chi connectivity index (χ1n) is 11.2. The van der Waals surface area contributed by atoms with Crippen LogP contribution in [0, 0.1) is 5.82 Å². The standard InChI is InChI=1S/C24H26F4N6O/c1-15(2)34-19(14-29-23(34)24(26,27)28)21-18(25)8-9-20(31-21)30-17-6-4-16(5-7-17)22(35)33-12-10-32(3)11-13-33/h4-9,14-15H,10-13H2,1-3H3,(H,30,31). The fourth-order valence-corrected chi connectivity index (χ4v) is 4.00. The fourth-order valence-electron chi connectivity index (χ4n) is 4.00. The zero-order chi connectivity index (χ0) is 25.3. The number of nitrogens with one attached hydrogen (secondary N) is 1. The highest BCUT2D eigenvalue weighted by molar-refractivity contribution is 5.94. The van der Waals surface area contributed by atoms with Crippen LogP contribution in [-0.2, 0) is 6.18 Å². The molecule has 1 saturated heterocycles. The van der Waals surface area contributed by atoms with E-state index < -0.39 is 23.9 Å². The number of carbonyl (C=O) groups is 1. The summed E-state index contributed by atoms with van der Waals surface area (Å²) in [6, 6.07) is 8.70. The number of piperazine rings is 1. The topological polar surface area (TPSA) is 66.3 Å². The lowest BCUT2D eigenvalue weighted by atomic mass is 10.1. The normalized spacial score (nSPS) is 15.0. The molecule has 1 amide bonds. The summed E-state index contributed by atoms with van der Waals surface area (Å²) in [6.07, 6.45) is -3.70. The van der Waals surface area contributed by atoms with E-state index in [1.807, 2.05) is 11.9 Å². The van der Waals surface area contributed by atoms with Gasteiger partial charge in [0.1, 0.15) is 11.5 Å². The van der Waals surface area contributed by atoms with Crippen LogP contribution in [0.1, 0.15) is 36.1 Å². The maximum Gasteiger partial charge on any atom is 0.449 e. The van der Waals surface area contributed by atoms with Crippen molar-refractivity contribution in [3.63, 3.8) is 0 Å². The van der Waals surface area contributed by atoms with Gasteiger partial charge in [-0.25, -0.2) is 14.4 Å². The SMILES string of the molecule is CC(C)n1c(-c2nc(Nc3ccc(C(=O)N4CCN(C)CC4)cc3)ccc2F)cnc1C(F)(F)F. The van der Waals surface area contributed by atoms with Gasteiger partial charge >= 0.3 is 6.18 Å². The number of hydrogen-bond donors (Lipinski definition) is 1. The Hall–Kier alpha value is -3.47. The van der Waals surface area contributed by atoms with Crippen LogP contribution in [0.3, 0.4) is 0 Å². The van der Waals surface area contributed by atoms with Gasteiger partial charge in [-0.1, -0.05) is 0 Å². The largest absolute Gasteiger partial charge is 0.449 e. The molecule has 1 aliphatic heterocycles. The molecule has 0 unspecified atom stereocenters. The second kappa shape index (κ2) is 9.65. The van der Waals surface area contributed by atoms with Crippen LogP contribution in [0.5, 0.6) is 0 Å². The Bertz CT molecular complexity index is 1200. The van der Waals surface area contributed by atoms with Gasteiger partial charge in [-0.05, 0) is 57.3 Å². The van der Waals surface area contributed by atoms with Crippen LogP contribution >= 0.6 is 0 Å². The molecule has 186 valence electrons. The molecule has 0 spiro atoms. The molecule has 1 aliphatic rings. The number of halogens is 4. The van der Waals surface area contributed by atoms with Crippen molar-refractivity contribution < 1.29 is 22.4 Å². The summed E-state index contributed by atoms with van der Waals surface area (Å²) in [7, 11) is 2.02. The van der Waals surface area contributed by atoms with E-state index in [0.717, 1.165) is 29.9 Å². The Morgan fingerprint density at radius 1 is 1.03 bits per heavy atom. The summed E-state index contributed by atoms with van der Waals surface area (Å²) in [5.74, 6) is -1.68. The number of amides is 1.